The summed E-state index contributed by atoms with van der Waals surface area (Å²) in [6.45, 7) is 0.520. The maximum Gasteiger partial charge on any atom is 0.319 e. The van der Waals surface area contributed by atoms with E-state index in [4.69, 9.17) is 5.26 Å². The largest absolute Gasteiger partial charge is 0.338 e. The third kappa shape index (κ3) is 4.67. The van der Waals surface area contributed by atoms with Crippen LogP contribution in [0.2, 0.25) is 0 Å². The average Bonchev–Trinajstić information content (AvgIpc) is 2.26. The third-order valence-corrected chi connectivity index (χ3v) is 1.78. The molecule has 4 heteroatoms. The van der Waals surface area contributed by atoms with E-state index in [2.05, 4.69) is 10.6 Å². The molecule has 0 radical (unpaired) electrons. The first-order valence-corrected chi connectivity index (χ1v) is 4.80. The molecule has 0 saturated carbocycles. The lowest BCUT2D eigenvalue weighted by Gasteiger charge is -2.05. The SMILES string of the molecule is N#CCCCNC(=O)Nc1ccccc1. The molecule has 2 amide bonds. The molecule has 0 spiro atoms. The minimum Gasteiger partial charge on any atom is -0.338 e. The number of benzene rings is 1. The van der Waals surface area contributed by atoms with Crippen LogP contribution < -0.4 is 10.6 Å². The van der Waals surface area contributed by atoms with Gasteiger partial charge in [0, 0.05) is 18.7 Å². The van der Waals surface area contributed by atoms with Crippen molar-refractivity contribution in [1.82, 2.24) is 5.32 Å². The molecule has 0 fully saturated rings. The molecular formula is C11H13N3O. The van der Waals surface area contributed by atoms with Crippen molar-refractivity contribution in [3.8, 4) is 6.07 Å². The molecule has 1 aromatic rings. The zero-order valence-electron chi connectivity index (χ0n) is 8.36. The van der Waals surface area contributed by atoms with Crippen LogP contribution in [0.4, 0.5) is 10.5 Å². The molecule has 2 N–H and O–H groups in total. The van der Waals surface area contributed by atoms with Gasteiger partial charge in [0.25, 0.3) is 0 Å². The minimum atomic E-state index is -0.237. The molecule has 0 aromatic heterocycles. The van der Waals surface area contributed by atoms with Gasteiger partial charge in [-0.25, -0.2) is 4.79 Å². The number of carbonyl (C=O) groups is 1. The number of nitrogens with zero attached hydrogens (tertiary/aromatic N) is 1. The van der Waals surface area contributed by atoms with Crippen LogP contribution in [0.5, 0.6) is 0 Å². The predicted molar refractivity (Wildman–Crippen MR) is 58.3 cm³/mol. The maximum absolute atomic E-state index is 11.3. The number of hydrogen-bond donors (Lipinski definition) is 2. The molecule has 78 valence electrons. The predicted octanol–water partition coefficient (Wildman–Crippen LogP) is 2.11. The van der Waals surface area contributed by atoms with Gasteiger partial charge in [0.15, 0.2) is 0 Å². The van der Waals surface area contributed by atoms with Crippen molar-refractivity contribution < 1.29 is 4.79 Å². The first kappa shape index (κ1) is 11.1. The Balaban J connectivity index is 2.22. The van der Waals surface area contributed by atoms with E-state index in [9.17, 15) is 4.79 Å². The zero-order chi connectivity index (χ0) is 10.9. The van der Waals surface area contributed by atoms with E-state index in [0.29, 0.717) is 19.4 Å². The van der Waals surface area contributed by atoms with Gasteiger partial charge in [-0.05, 0) is 18.6 Å². The second-order valence-electron chi connectivity index (χ2n) is 3.01. The average molecular weight is 203 g/mol. The van der Waals surface area contributed by atoms with Gasteiger partial charge >= 0.3 is 6.03 Å². The second-order valence-corrected chi connectivity index (χ2v) is 3.01. The second kappa shape index (κ2) is 6.44. The summed E-state index contributed by atoms with van der Waals surface area (Å²) in [6.07, 6.45) is 1.14. The van der Waals surface area contributed by atoms with E-state index in [1.807, 2.05) is 36.4 Å². The Morgan fingerprint density at radius 1 is 1.33 bits per heavy atom. The van der Waals surface area contributed by atoms with Gasteiger partial charge in [-0.2, -0.15) is 5.26 Å². The lowest BCUT2D eigenvalue weighted by atomic mass is 10.3. The molecule has 1 aromatic carbocycles. The fraction of sp³-hybridized carbons (Fsp3) is 0.273. The molecule has 0 saturated heterocycles. The summed E-state index contributed by atoms with van der Waals surface area (Å²) in [7, 11) is 0. The van der Waals surface area contributed by atoms with E-state index >= 15 is 0 Å². The quantitative estimate of drug-likeness (QED) is 0.736. The van der Waals surface area contributed by atoms with Crippen LogP contribution in [0.25, 0.3) is 0 Å². The molecule has 0 aliphatic heterocycles. The minimum absolute atomic E-state index is 0.237. The van der Waals surface area contributed by atoms with Crippen LogP contribution in [0, 0.1) is 11.3 Å². The van der Waals surface area contributed by atoms with Crippen molar-refractivity contribution in [3.63, 3.8) is 0 Å². The Morgan fingerprint density at radius 3 is 2.73 bits per heavy atom. The van der Waals surface area contributed by atoms with Crippen molar-refractivity contribution in [2.24, 2.45) is 0 Å². The number of nitrogens with one attached hydrogen (secondary N) is 2. The molecular weight excluding hydrogens is 190 g/mol. The Kier molecular flexibility index (Phi) is 4.74. The summed E-state index contributed by atoms with van der Waals surface area (Å²) in [5, 5.41) is 13.6. The van der Waals surface area contributed by atoms with Crippen molar-refractivity contribution in [1.29, 1.82) is 5.26 Å². The van der Waals surface area contributed by atoms with Gasteiger partial charge in [-0.1, -0.05) is 18.2 Å². The van der Waals surface area contributed by atoms with Gasteiger partial charge in [-0.15, -0.1) is 0 Å². The van der Waals surface area contributed by atoms with Crippen LogP contribution in [-0.4, -0.2) is 12.6 Å². The van der Waals surface area contributed by atoms with Crippen LogP contribution in [-0.2, 0) is 0 Å². The van der Waals surface area contributed by atoms with Crippen molar-refractivity contribution in [2.45, 2.75) is 12.8 Å². The topological polar surface area (TPSA) is 64.9 Å². The highest BCUT2D eigenvalue weighted by molar-refractivity contribution is 5.89. The first-order valence-electron chi connectivity index (χ1n) is 4.80. The van der Waals surface area contributed by atoms with E-state index < -0.39 is 0 Å². The summed E-state index contributed by atoms with van der Waals surface area (Å²) < 4.78 is 0. The summed E-state index contributed by atoms with van der Waals surface area (Å²) in [5.74, 6) is 0. The van der Waals surface area contributed by atoms with Gasteiger partial charge in [0.1, 0.15) is 0 Å². The number of amides is 2. The summed E-state index contributed by atoms with van der Waals surface area (Å²) in [6, 6.07) is 11.0. The van der Waals surface area contributed by atoms with Gasteiger partial charge in [0.05, 0.1) is 6.07 Å². The van der Waals surface area contributed by atoms with E-state index in [1.165, 1.54) is 0 Å². The maximum atomic E-state index is 11.3. The molecule has 0 atom stereocenters. The Labute approximate surface area is 88.9 Å². The number of urea groups is 1. The molecule has 0 aliphatic rings. The van der Waals surface area contributed by atoms with Crippen LogP contribution >= 0.6 is 0 Å². The summed E-state index contributed by atoms with van der Waals surface area (Å²) in [5.41, 5.74) is 0.760. The lowest BCUT2D eigenvalue weighted by Crippen LogP contribution is -2.29. The molecule has 0 unspecified atom stereocenters. The molecule has 0 aliphatic carbocycles. The first-order chi connectivity index (χ1) is 7.33. The highest BCUT2D eigenvalue weighted by Crippen LogP contribution is 2.03. The zero-order valence-corrected chi connectivity index (χ0v) is 8.36. The molecule has 4 nitrogen and oxygen atoms in total. The standard InChI is InChI=1S/C11H13N3O/c12-8-4-5-9-13-11(15)14-10-6-2-1-3-7-10/h1-3,6-7H,4-5,9H2,(H2,13,14,15). The summed E-state index contributed by atoms with van der Waals surface area (Å²) in [4.78, 5) is 11.3. The van der Waals surface area contributed by atoms with Gasteiger partial charge < -0.3 is 10.6 Å². The normalized spacial score (nSPS) is 9.00. The Morgan fingerprint density at radius 2 is 2.07 bits per heavy atom. The fourth-order valence-corrected chi connectivity index (χ4v) is 1.07. The van der Waals surface area contributed by atoms with Crippen molar-refractivity contribution in [3.05, 3.63) is 30.3 Å². The number of hydrogen-bond acceptors (Lipinski definition) is 2. The number of nitriles is 1. The smallest absolute Gasteiger partial charge is 0.319 e. The number of rotatable bonds is 4. The highest BCUT2D eigenvalue weighted by atomic mass is 16.2. The van der Waals surface area contributed by atoms with E-state index in [-0.39, 0.29) is 6.03 Å². The van der Waals surface area contributed by atoms with Crippen molar-refractivity contribution >= 4 is 11.7 Å². The van der Waals surface area contributed by atoms with Crippen LogP contribution in [0.1, 0.15) is 12.8 Å². The fourth-order valence-electron chi connectivity index (χ4n) is 1.07. The van der Waals surface area contributed by atoms with E-state index in [1.54, 1.807) is 0 Å². The third-order valence-electron chi connectivity index (χ3n) is 1.78. The summed E-state index contributed by atoms with van der Waals surface area (Å²) >= 11 is 0. The number of carbonyl (C=O) groups excluding carboxylic acids is 1. The van der Waals surface area contributed by atoms with Crippen LogP contribution in [0.15, 0.2) is 30.3 Å². The number of unbranched alkanes of at least 4 members (excludes halogenated alkanes) is 1. The number of para-hydroxylation sites is 1. The van der Waals surface area contributed by atoms with Crippen LogP contribution in [0.3, 0.4) is 0 Å². The monoisotopic (exact) mass is 203 g/mol. The molecule has 15 heavy (non-hydrogen) atoms. The van der Waals surface area contributed by atoms with E-state index in [0.717, 1.165) is 5.69 Å². The van der Waals surface area contributed by atoms with Crippen molar-refractivity contribution in [2.75, 3.05) is 11.9 Å². The van der Waals surface area contributed by atoms with Gasteiger partial charge in [-0.3, -0.25) is 0 Å². The molecule has 0 heterocycles. The molecule has 1 rings (SSSR count). The van der Waals surface area contributed by atoms with Gasteiger partial charge in [0.2, 0.25) is 0 Å². The molecule has 0 bridgehead atoms. The highest BCUT2D eigenvalue weighted by Gasteiger charge is 1.98. The number of anilines is 1. The Bertz CT molecular complexity index is 343. The lowest BCUT2D eigenvalue weighted by molar-refractivity contribution is 0.252. The Hall–Kier alpha value is -2.02.